The molecule has 0 unspecified atom stereocenters. The molecule has 1 aromatic rings. The zero-order valence-electron chi connectivity index (χ0n) is 9.91. The van der Waals surface area contributed by atoms with Gasteiger partial charge in [0.1, 0.15) is 11.8 Å². The van der Waals surface area contributed by atoms with Gasteiger partial charge < -0.3 is 9.64 Å². The van der Waals surface area contributed by atoms with Crippen LogP contribution in [0.4, 0.5) is 11.4 Å². The number of rotatable bonds is 4. The zero-order valence-corrected chi connectivity index (χ0v) is 9.91. The van der Waals surface area contributed by atoms with Crippen LogP contribution in [0.5, 0.6) is 0 Å². The molecule has 0 radical (unpaired) electrons. The molecule has 18 heavy (non-hydrogen) atoms. The molecule has 7 heteroatoms. The number of anilines is 1. The highest BCUT2D eigenvalue weighted by atomic mass is 16.6. The number of carbonyl (C=O) groups excluding carboxylic acids is 1. The van der Waals surface area contributed by atoms with E-state index in [-0.39, 0.29) is 17.9 Å². The Bertz CT molecular complexity index is 520. The van der Waals surface area contributed by atoms with Gasteiger partial charge >= 0.3 is 5.97 Å². The molecule has 0 heterocycles. The van der Waals surface area contributed by atoms with Gasteiger partial charge in [-0.2, -0.15) is 5.26 Å². The van der Waals surface area contributed by atoms with E-state index in [0.717, 1.165) is 6.07 Å². The van der Waals surface area contributed by atoms with E-state index in [0.29, 0.717) is 5.69 Å². The summed E-state index contributed by atoms with van der Waals surface area (Å²) < 4.78 is 4.58. The molecule has 0 aliphatic rings. The number of ether oxygens (including phenoxy) is 1. The molecule has 0 amide bonds. The van der Waals surface area contributed by atoms with Crippen LogP contribution in [-0.4, -0.2) is 31.6 Å². The van der Waals surface area contributed by atoms with Crippen LogP contribution in [0.15, 0.2) is 18.2 Å². The lowest BCUT2D eigenvalue weighted by Gasteiger charge is -2.12. The van der Waals surface area contributed by atoms with Crippen molar-refractivity contribution in [2.24, 2.45) is 0 Å². The fourth-order valence-corrected chi connectivity index (χ4v) is 1.36. The second-order valence-corrected chi connectivity index (χ2v) is 3.59. The van der Waals surface area contributed by atoms with Crippen LogP contribution in [0, 0.1) is 21.4 Å². The standard InChI is InChI=1S/C11H11N3O4/c1-13(2)9-4-3-8(7-10(9)14(16)17)11(15)18-6-5-12/h3-4,7H,6H2,1-2H3. The van der Waals surface area contributed by atoms with Crippen LogP contribution >= 0.6 is 0 Å². The van der Waals surface area contributed by atoms with Crippen molar-refractivity contribution < 1.29 is 14.5 Å². The summed E-state index contributed by atoms with van der Waals surface area (Å²) >= 11 is 0. The van der Waals surface area contributed by atoms with E-state index in [4.69, 9.17) is 5.26 Å². The van der Waals surface area contributed by atoms with Gasteiger partial charge in [-0.1, -0.05) is 0 Å². The van der Waals surface area contributed by atoms with Gasteiger partial charge in [0.2, 0.25) is 0 Å². The third-order valence-corrected chi connectivity index (χ3v) is 2.16. The first-order valence-electron chi connectivity index (χ1n) is 4.97. The number of nitro groups is 1. The highest BCUT2D eigenvalue weighted by molar-refractivity contribution is 5.91. The van der Waals surface area contributed by atoms with Gasteiger partial charge in [0.15, 0.2) is 6.61 Å². The van der Waals surface area contributed by atoms with Gasteiger partial charge in [-0.15, -0.1) is 0 Å². The molecule has 0 saturated carbocycles. The molecule has 0 aliphatic carbocycles. The van der Waals surface area contributed by atoms with Crippen LogP contribution < -0.4 is 4.90 Å². The molecule has 94 valence electrons. The molecule has 7 nitrogen and oxygen atoms in total. The predicted molar refractivity (Wildman–Crippen MR) is 63.3 cm³/mol. The van der Waals surface area contributed by atoms with Crippen molar-refractivity contribution in [3.63, 3.8) is 0 Å². The molecule has 1 aromatic carbocycles. The highest BCUT2D eigenvalue weighted by Gasteiger charge is 2.19. The Morgan fingerprint density at radius 2 is 2.22 bits per heavy atom. The van der Waals surface area contributed by atoms with Gasteiger partial charge in [0, 0.05) is 20.2 Å². The number of esters is 1. The van der Waals surface area contributed by atoms with Crippen LogP contribution in [-0.2, 0) is 4.74 Å². The third-order valence-electron chi connectivity index (χ3n) is 2.16. The number of carbonyl (C=O) groups is 1. The molecule has 0 N–H and O–H groups in total. The Hall–Kier alpha value is -2.62. The number of nitriles is 1. The van der Waals surface area contributed by atoms with Crippen molar-refractivity contribution in [1.29, 1.82) is 5.26 Å². The topological polar surface area (TPSA) is 96.5 Å². The monoisotopic (exact) mass is 249 g/mol. The second kappa shape index (κ2) is 5.63. The predicted octanol–water partition coefficient (Wildman–Crippen LogP) is 1.34. The van der Waals surface area contributed by atoms with E-state index in [1.54, 1.807) is 25.1 Å². The second-order valence-electron chi connectivity index (χ2n) is 3.59. The van der Waals surface area contributed by atoms with Crippen molar-refractivity contribution in [2.45, 2.75) is 0 Å². The van der Waals surface area contributed by atoms with Crippen molar-refractivity contribution in [3.05, 3.63) is 33.9 Å². The maximum absolute atomic E-state index is 11.5. The normalized spacial score (nSPS) is 9.39. The molecule has 0 spiro atoms. The molecule has 0 atom stereocenters. The minimum absolute atomic E-state index is 0.0440. The van der Waals surface area contributed by atoms with Gasteiger partial charge in [-0.25, -0.2) is 4.79 Å². The summed E-state index contributed by atoms with van der Waals surface area (Å²) in [5, 5.41) is 19.2. The summed E-state index contributed by atoms with van der Waals surface area (Å²) in [6.07, 6.45) is 0. The Morgan fingerprint density at radius 3 is 2.72 bits per heavy atom. The molecular weight excluding hydrogens is 238 g/mol. The van der Waals surface area contributed by atoms with E-state index < -0.39 is 10.9 Å². The molecular formula is C11H11N3O4. The SMILES string of the molecule is CN(C)c1ccc(C(=O)OCC#N)cc1[N+](=O)[O-]. The first-order chi connectivity index (χ1) is 8.47. The third kappa shape index (κ3) is 2.95. The van der Waals surface area contributed by atoms with E-state index in [9.17, 15) is 14.9 Å². The molecule has 0 bridgehead atoms. The molecule has 0 fully saturated rings. The lowest BCUT2D eigenvalue weighted by molar-refractivity contribution is -0.384. The van der Waals surface area contributed by atoms with E-state index in [1.807, 2.05) is 0 Å². The summed E-state index contributed by atoms with van der Waals surface area (Å²) in [6, 6.07) is 5.66. The fourth-order valence-electron chi connectivity index (χ4n) is 1.36. The summed E-state index contributed by atoms with van der Waals surface area (Å²) in [4.78, 5) is 23.3. The number of nitrogens with zero attached hydrogens (tertiary/aromatic N) is 3. The minimum atomic E-state index is -0.759. The van der Waals surface area contributed by atoms with Gasteiger partial charge in [-0.3, -0.25) is 10.1 Å². The van der Waals surface area contributed by atoms with Crippen LogP contribution in [0.25, 0.3) is 0 Å². The maximum atomic E-state index is 11.5. The van der Waals surface area contributed by atoms with Crippen LogP contribution in [0.1, 0.15) is 10.4 Å². The minimum Gasteiger partial charge on any atom is -0.447 e. The number of hydrogen-bond acceptors (Lipinski definition) is 6. The molecule has 0 aromatic heterocycles. The summed E-state index contributed by atoms with van der Waals surface area (Å²) in [5.41, 5.74) is 0.241. The Labute approximate surface area is 103 Å². The molecule has 0 saturated heterocycles. The van der Waals surface area contributed by atoms with Gasteiger partial charge in [0.05, 0.1) is 10.5 Å². The smallest absolute Gasteiger partial charge is 0.339 e. The first kappa shape index (κ1) is 13.4. The highest BCUT2D eigenvalue weighted by Crippen LogP contribution is 2.27. The summed E-state index contributed by atoms with van der Waals surface area (Å²) in [6.45, 7) is -0.387. The average Bonchev–Trinajstić information content (AvgIpc) is 2.34. The Kier molecular flexibility index (Phi) is 4.21. The van der Waals surface area contributed by atoms with E-state index >= 15 is 0 Å². The molecule has 1 rings (SSSR count). The van der Waals surface area contributed by atoms with Crippen LogP contribution in [0.2, 0.25) is 0 Å². The number of benzene rings is 1. The van der Waals surface area contributed by atoms with Crippen molar-refractivity contribution in [2.75, 3.05) is 25.6 Å². The Balaban J connectivity index is 3.12. The van der Waals surface area contributed by atoms with E-state index in [1.165, 1.54) is 12.1 Å². The van der Waals surface area contributed by atoms with E-state index in [2.05, 4.69) is 4.74 Å². The number of hydrogen-bond donors (Lipinski definition) is 0. The van der Waals surface area contributed by atoms with Gasteiger partial charge in [0.25, 0.3) is 5.69 Å². The summed E-state index contributed by atoms with van der Waals surface area (Å²) in [5.74, 6) is -0.759. The first-order valence-corrected chi connectivity index (χ1v) is 4.97. The zero-order chi connectivity index (χ0) is 13.7. The van der Waals surface area contributed by atoms with Gasteiger partial charge in [-0.05, 0) is 12.1 Å². The number of nitro benzene ring substituents is 1. The van der Waals surface area contributed by atoms with Crippen molar-refractivity contribution in [1.82, 2.24) is 0 Å². The van der Waals surface area contributed by atoms with Crippen LogP contribution in [0.3, 0.4) is 0 Å². The van der Waals surface area contributed by atoms with Crippen molar-refractivity contribution in [3.8, 4) is 6.07 Å². The largest absolute Gasteiger partial charge is 0.447 e. The lowest BCUT2D eigenvalue weighted by Crippen LogP contribution is -2.12. The fraction of sp³-hybridized carbons (Fsp3) is 0.273. The Morgan fingerprint density at radius 1 is 1.56 bits per heavy atom. The average molecular weight is 249 g/mol. The molecule has 0 aliphatic heterocycles. The summed E-state index contributed by atoms with van der Waals surface area (Å²) in [7, 11) is 3.33. The lowest BCUT2D eigenvalue weighted by atomic mass is 10.1. The maximum Gasteiger partial charge on any atom is 0.339 e. The van der Waals surface area contributed by atoms with Crippen molar-refractivity contribution >= 4 is 17.3 Å². The quantitative estimate of drug-likeness (QED) is 0.454.